The molecule has 8 heteroatoms. The number of nitrogens with one attached hydrogen (secondary N) is 1. The molecule has 0 saturated carbocycles. The third-order valence-electron chi connectivity index (χ3n) is 3.85. The minimum absolute atomic E-state index is 0. The molecule has 0 bridgehead atoms. The van der Waals surface area contributed by atoms with Crippen LogP contribution in [-0.2, 0) is 16.9 Å². The van der Waals surface area contributed by atoms with Gasteiger partial charge in [0, 0.05) is 16.7 Å². The Bertz CT molecular complexity index is 839. The molecule has 0 saturated heterocycles. The van der Waals surface area contributed by atoms with Crippen molar-refractivity contribution in [3.8, 4) is 11.5 Å². The van der Waals surface area contributed by atoms with E-state index in [4.69, 9.17) is 9.47 Å². The molecular formula is C18H22N3NaO3S. The van der Waals surface area contributed by atoms with Gasteiger partial charge < -0.3 is 14.0 Å². The third kappa shape index (κ3) is 4.53. The minimum atomic E-state index is -1.33. The Hall–Kier alpha value is -1.25. The van der Waals surface area contributed by atoms with Gasteiger partial charge in [0.25, 0.3) is 0 Å². The van der Waals surface area contributed by atoms with Gasteiger partial charge in [0.1, 0.15) is 0 Å². The Labute approximate surface area is 178 Å². The van der Waals surface area contributed by atoms with E-state index in [2.05, 4.69) is 15.0 Å². The second-order valence-electron chi connectivity index (χ2n) is 5.62. The first-order chi connectivity index (χ1) is 12.1. The second kappa shape index (κ2) is 9.62. The molecule has 0 aliphatic carbocycles. The van der Waals surface area contributed by atoms with Crippen molar-refractivity contribution in [1.82, 2.24) is 15.0 Å². The Balaban J connectivity index is 0.00000243. The van der Waals surface area contributed by atoms with Gasteiger partial charge in [0.05, 0.1) is 36.6 Å². The van der Waals surface area contributed by atoms with Crippen LogP contribution >= 0.6 is 0 Å². The average molecular weight is 383 g/mol. The quantitative estimate of drug-likeness (QED) is 0.501. The van der Waals surface area contributed by atoms with E-state index in [0.717, 1.165) is 23.0 Å². The van der Waals surface area contributed by atoms with Crippen LogP contribution in [0.5, 0.6) is 11.5 Å². The molecule has 1 unspecified atom stereocenters. The molecule has 26 heavy (non-hydrogen) atoms. The van der Waals surface area contributed by atoms with Crippen LogP contribution in [0.15, 0.2) is 35.6 Å². The van der Waals surface area contributed by atoms with Gasteiger partial charge in [0.15, 0.2) is 17.3 Å². The molecule has 2 heterocycles. The second-order valence-corrected chi connectivity index (χ2v) is 6.99. The standard InChI is InChI=1S/C18H21N3O3S.Na.H/c1-4-9-24-16-10-19-15(12(2)17(16)23-3)11-25(22)18-20-13-7-5-6-8-14(13)21-18;;/h5-8,10H,4,9,11H2,1-3H3,(H,20,21);;. The summed E-state index contributed by atoms with van der Waals surface area (Å²) in [5.74, 6) is 1.51. The van der Waals surface area contributed by atoms with E-state index in [1.54, 1.807) is 13.3 Å². The molecule has 3 aromatic rings. The summed E-state index contributed by atoms with van der Waals surface area (Å²) < 4.78 is 23.8. The number of aromatic nitrogens is 3. The van der Waals surface area contributed by atoms with Crippen LogP contribution < -0.4 is 9.47 Å². The van der Waals surface area contributed by atoms with Gasteiger partial charge in [-0.25, -0.2) is 0 Å². The fraction of sp³-hybridized carbons (Fsp3) is 0.333. The molecule has 0 spiro atoms. The fourth-order valence-electron chi connectivity index (χ4n) is 2.55. The van der Waals surface area contributed by atoms with Crippen molar-refractivity contribution in [2.75, 3.05) is 13.7 Å². The maximum atomic E-state index is 12.7. The van der Waals surface area contributed by atoms with Crippen LogP contribution in [-0.4, -0.2) is 62.8 Å². The summed E-state index contributed by atoms with van der Waals surface area (Å²) in [4.78, 5) is 11.9. The van der Waals surface area contributed by atoms with Crippen molar-refractivity contribution in [2.45, 2.75) is 31.2 Å². The van der Waals surface area contributed by atoms with Gasteiger partial charge in [-0.1, -0.05) is 19.1 Å². The number of benzene rings is 1. The number of ether oxygens (including phenoxy) is 2. The van der Waals surface area contributed by atoms with Crippen LogP contribution in [0.4, 0.5) is 0 Å². The molecule has 3 rings (SSSR count). The maximum absolute atomic E-state index is 12.7. The number of fused-ring (bicyclic) bond motifs is 1. The molecule has 6 nitrogen and oxygen atoms in total. The van der Waals surface area contributed by atoms with Crippen LogP contribution in [0.1, 0.15) is 24.6 Å². The number of para-hydroxylation sites is 2. The SMILES string of the molecule is CCCOc1cnc(C[S+]([O-])c2nc3ccccc3[nH]2)c(C)c1OC.[NaH]. The average Bonchev–Trinajstić information content (AvgIpc) is 3.06. The van der Waals surface area contributed by atoms with E-state index < -0.39 is 11.2 Å². The normalized spacial score (nSPS) is 11.8. The van der Waals surface area contributed by atoms with E-state index in [1.165, 1.54) is 0 Å². The van der Waals surface area contributed by atoms with Crippen LogP contribution in [0.2, 0.25) is 0 Å². The van der Waals surface area contributed by atoms with Crippen molar-refractivity contribution in [3.63, 3.8) is 0 Å². The predicted molar refractivity (Wildman–Crippen MR) is 105 cm³/mol. The monoisotopic (exact) mass is 383 g/mol. The number of methoxy groups -OCH3 is 1. The van der Waals surface area contributed by atoms with Crippen molar-refractivity contribution in [1.29, 1.82) is 0 Å². The molecule has 0 aliphatic rings. The Morgan fingerprint density at radius 3 is 2.73 bits per heavy atom. The molecule has 134 valence electrons. The Morgan fingerprint density at radius 2 is 2.04 bits per heavy atom. The molecule has 1 N–H and O–H groups in total. The summed E-state index contributed by atoms with van der Waals surface area (Å²) in [6.07, 6.45) is 2.53. The topological polar surface area (TPSA) is 83.1 Å². The van der Waals surface area contributed by atoms with Crippen LogP contribution in [0.3, 0.4) is 0 Å². The number of rotatable bonds is 7. The summed E-state index contributed by atoms with van der Waals surface area (Å²) in [6, 6.07) is 7.62. The number of aromatic amines is 1. The van der Waals surface area contributed by atoms with Gasteiger partial charge in [-0.2, -0.15) is 4.98 Å². The van der Waals surface area contributed by atoms with Crippen molar-refractivity contribution in [3.05, 3.63) is 41.7 Å². The van der Waals surface area contributed by atoms with Gasteiger partial charge in [-0.3, -0.25) is 9.97 Å². The Kier molecular flexibility index (Phi) is 7.79. The van der Waals surface area contributed by atoms with Crippen molar-refractivity contribution >= 4 is 51.8 Å². The first-order valence-electron chi connectivity index (χ1n) is 8.12. The third-order valence-corrected chi connectivity index (χ3v) is 5.01. The summed E-state index contributed by atoms with van der Waals surface area (Å²) in [6.45, 7) is 4.54. The van der Waals surface area contributed by atoms with E-state index in [0.29, 0.717) is 29.0 Å². The zero-order valence-corrected chi connectivity index (χ0v) is 15.4. The van der Waals surface area contributed by atoms with Gasteiger partial charge in [0.2, 0.25) is 0 Å². The van der Waals surface area contributed by atoms with Crippen molar-refractivity contribution in [2.24, 2.45) is 0 Å². The molecular weight excluding hydrogens is 361 g/mol. The molecule has 0 radical (unpaired) electrons. The van der Waals surface area contributed by atoms with Gasteiger partial charge in [-0.15, -0.1) is 0 Å². The van der Waals surface area contributed by atoms with E-state index in [1.807, 2.05) is 38.1 Å². The summed E-state index contributed by atoms with van der Waals surface area (Å²) in [5.41, 5.74) is 3.22. The molecule has 2 aromatic heterocycles. The van der Waals surface area contributed by atoms with E-state index in [-0.39, 0.29) is 35.3 Å². The Morgan fingerprint density at radius 1 is 1.27 bits per heavy atom. The molecule has 0 fully saturated rings. The van der Waals surface area contributed by atoms with Crippen molar-refractivity contribution < 1.29 is 14.0 Å². The molecule has 0 amide bonds. The molecule has 1 atom stereocenters. The summed E-state index contributed by atoms with van der Waals surface area (Å²) in [5, 5.41) is 0.452. The number of nitrogens with zero attached hydrogens (tertiary/aromatic N) is 2. The molecule has 0 aliphatic heterocycles. The number of hydrogen-bond acceptors (Lipinski definition) is 5. The summed E-state index contributed by atoms with van der Waals surface area (Å²) >= 11 is -1.33. The number of imidazole rings is 1. The fourth-order valence-corrected chi connectivity index (χ4v) is 3.65. The zero-order chi connectivity index (χ0) is 17.8. The molecule has 1 aromatic carbocycles. The van der Waals surface area contributed by atoms with E-state index in [9.17, 15) is 4.55 Å². The van der Waals surface area contributed by atoms with E-state index >= 15 is 0 Å². The van der Waals surface area contributed by atoms with Crippen LogP contribution in [0, 0.1) is 6.92 Å². The first kappa shape index (κ1) is 21.1. The zero-order valence-electron chi connectivity index (χ0n) is 14.5. The number of pyridine rings is 1. The van der Waals surface area contributed by atoms with Gasteiger partial charge >= 0.3 is 34.7 Å². The predicted octanol–water partition coefficient (Wildman–Crippen LogP) is 2.72. The first-order valence-corrected chi connectivity index (χ1v) is 9.44. The van der Waals surface area contributed by atoms with Crippen LogP contribution in [0.25, 0.3) is 11.0 Å². The summed E-state index contributed by atoms with van der Waals surface area (Å²) in [7, 11) is 1.60. The van der Waals surface area contributed by atoms with Gasteiger partial charge in [-0.05, 0) is 25.5 Å². The number of H-pyrrole nitrogens is 1. The number of hydrogen-bond donors (Lipinski definition) is 1.